The van der Waals surface area contributed by atoms with E-state index < -0.39 is 36.7 Å². The molecule has 1 aromatic carbocycles. The Morgan fingerprint density at radius 2 is 2.00 bits per heavy atom. The summed E-state index contributed by atoms with van der Waals surface area (Å²) in [6, 6.07) is 7.48. The minimum absolute atomic E-state index is 0.0642. The third-order valence-corrected chi connectivity index (χ3v) is 2.65. The van der Waals surface area contributed by atoms with Crippen LogP contribution in [0.4, 0.5) is 8.78 Å². The summed E-state index contributed by atoms with van der Waals surface area (Å²) in [5.74, 6) is -6.78. The number of halogens is 2. The SMILES string of the molecule is O=C(O[C@H]1[C@@H](CO)OC(=O)C1(F)F)c1ccccc1. The number of alkyl halides is 2. The van der Waals surface area contributed by atoms with Crippen molar-refractivity contribution in [1.29, 1.82) is 0 Å². The van der Waals surface area contributed by atoms with E-state index in [9.17, 15) is 18.4 Å². The van der Waals surface area contributed by atoms with Crippen molar-refractivity contribution in [2.24, 2.45) is 0 Å². The van der Waals surface area contributed by atoms with Crippen molar-refractivity contribution in [2.45, 2.75) is 18.1 Å². The molecule has 1 aliphatic rings. The molecule has 19 heavy (non-hydrogen) atoms. The summed E-state index contributed by atoms with van der Waals surface area (Å²) in [5.41, 5.74) is 0.0642. The third-order valence-electron chi connectivity index (χ3n) is 2.65. The highest BCUT2D eigenvalue weighted by Gasteiger charge is 2.62. The van der Waals surface area contributed by atoms with Crippen molar-refractivity contribution >= 4 is 11.9 Å². The summed E-state index contributed by atoms with van der Waals surface area (Å²) in [5, 5.41) is 8.87. The van der Waals surface area contributed by atoms with Crippen molar-refractivity contribution < 1.29 is 33.0 Å². The molecule has 0 radical (unpaired) electrons. The van der Waals surface area contributed by atoms with E-state index in [0.717, 1.165) is 0 Å². The summed E-state index contributed by atoms with van der Waals surface area (Å²) in [6.45, 7) is -0.853. The molecule has 0 spiro atoms. The molecule has 2 rings (SSSR count). The first kappa shape index (κ1) is 13.4. The van der Waals surface area contributed by atoms with Gasteiger partial charge in [0.1, 0.15) is 0 Å². The van der Waals surface area contributed by atoms with E-state index in [1.807, 2.05) is 0 Å². The molecule has 1 N–H and O–H groups in total. The van der Waals surface area contributed by atoms with E-state index >= 15 is 0 Å². The average Bonchev–Trinajstić information content (AvgIpc) is 2.63. The molecule has 0 aliphatic carbocycles. The summed E-state index contributed by atoms with van der Waals surface area (Å²) in [4.78, 5) is 22.6. The molecular formula is C12H10F2O5. The molecule has 0 bridgehead atoms. The Hall–Kier alpha value is -2.02. The number of ether oxygens (including phenoxy) is 2. The van der Waals surface area contributed by atoms with Crippen molar-refractivity contribution in [3.63, 3.8) is 0 Å². The maximum atomic E-state index is 13.5. The van der Waals surface area contributed by atoms with Crippen molar-refractivity contribution in [1.82, 2.24) is 0 Å². The van der Waals surface area contributed by atoms with E-state index in [2.05, 4.69) is 9.47 Å². The number of aliphatic hydroxyl groups excluding tert-OH is 1. The van der Waals surface area contributed by atoms with Gasteiger partial charge in [0.05, 0.1) is 12.2 Å². The smallest absolute Gasteiger partial charge is 0.382 e. The van der Waals surface area contributed by atoms with Crippen LogP contribution in [-0.2, 0) is 14.3 Å². The largest absolute Gasteiger partial charge is 0.451 e. The van der Waals surface area contributed by atoms with Crippen LogP contribution < -0.4 is 0 Å². The monoisotopic (exact) mass is 272 g/mol. The van der Waals surface area contributed by atoms with Gasteiger partial charge in [-0.1, -0.05) is 18.2 Å². The zero-order valence-electron chi connectivity index (χ0n) is 9.58. The number of carbonyl (C=O) groups excluding carboxylic acids is 2. The Morgan fingerprint density at radius 1 is 1.37 bits per heavy atom. The number of cyclic esters (lactones) is 1. The lowest BCUT2D eigenvalue weighted by Crippen LogP contribution is -2.42. The van der Waals surface area contributed by atoms with E-state index in [1.165, 1.54) is 24.3 Å². The first-order valence-electron chi connectivity index (χ1n) is 5.42. The second kappa shape index (κ2) is 4.93. The van der Waals surface area contributed by atoms with Crippen LogP contribution in [0.2, 0.25) is 0 Å². The molecule has 2 atom stereocenters. The van der Waals surface area contributed by atoms with E-state index in [0.29, 0.717) is 0 Å². The van der Waals surface area contributed by atoms with E-state index in [-0.39, 0.29) is 5.56 Å². The Labute approximate surface area is 106 Å². The molecule has 1 aromatic rings. The Morgan fingerprint density at radius 3 is 2.58 bits per heavy atom. The Kier molecular flexibility index (Phi) is 3.48. The van der Waals surface area contributed by atoms with Gasteiger partial charge < -0.3 is 14.6 Å². The third kappa shape index (κ3) is 2.41. The maximum Gasteiger partial charge on any atom is 0.382 e. The number of carbonyl (C=O) groups is 2. The van der Waals surface area contributed by atoms with Crippen molar-refractivity contribution in [3.05, 3.63) is 35.9 Å². The number of hydrogen-bond acceptors (Lipinski definition) is 5. The molecule has 5 nitrogen and oxygen atoms in total. The summed E-state index contributed by atoms with van der Waals surface area (Å²) in [7, 11) is 0. The van der Waals surface area contributed by atoms with Gasteiger partial charge >= 0.3 is 17.9 Å². The van der Waals surface area contributed by atoms with Gasteiger partial charge in [0, 0.05) is 0 Å². The topological polar surface area (TPSA) is 72.8 Å². The fourth-order valence-electron chi connectivity index (χ4n) is 1.67. The highest BCUT2D eigenvalue weighted by atomic mass is 19.3. The molecule has 0 saturated carbocycles. The van der Waals surface area contributed by atoms with Gasteiger partial charge in [-0.3, -0.25) is 0 Å². The maximum absolute atomic E-state index is 13.5. The van der Waals surface area contributed by atoms with Crippen molar-refractivity contribution in [2.75, 3.05) is 6.61 Å². The van der Waals surface area contributed by atoms with Crippen molar-refractivity contribution in [3.8, 4) is 0 Å². The second-order valence-corrected chi connectivity index (χ2v) is 3.94. The van der Waals surface area contributed by atoms with Gasteiger partial charge in [0.25, 0.3) is 0 Å². The summed E-state index contributed by atoms with van der Waals surface area (Å²) in [6.07, 6.45) is -3.69. The lowest BCUT2D eigenvalue weighted by molar-refractivity contribution is -0.163. The molecule has 0 unspecified atom stereocenters. The lowest BCUT2D eigenvalue weighted by atomic mass is 10.1. The van der Waals surface area contributed by atoms with Crippen LogP contribution in [0.25, 0.3) is 0 Å². The first-order valence-corrected chi connectivity index (χ1v) is 5.42. The number of aliphatic hydroxyl groups is 1. The van der Waals surface area contributed by atoms with Gasteiger partial charge in [0.2, 0.25) is 6.10 Å². The number of hydrogen-bond donors (Lipinski definition) is 1. The Balaban J connectivity index is 2.17. The molecule has 0 amide bonds. The van der Waals surface area contributed by atoms with E-state index in [4.69, 9.17) is 5.11 Å². The molecule has 1 fully saturated rings. The fourth-order valence-corrected chi connectivity index (χ4v) is 1.67. The van der Waals surface area contributed by atoms with Crippen LogP contribution >= 0.6 is 0 Å². The van der Waals surface area contributed by atoms with Gasteiger partial charge in [-0.05, 0) is 12.1 Å². The minimum atomic E-state index is -3.96. The number of rotatable bonds is 3. The molecule has 1 aliphatic heterocycles. The van der Waals surface area contributed by atoms with Crippen LogP contribution in [0.15, 0.2) is 30.3 Å². The predicted molar refractivity (Wildman–Crippen MR) is 57.6 cm³/mol. The van der Waals surface area contributed by atoms with Crippen LogP contribution in [0.1, 0.15) is 10.4 Å². The highest BCUT2D eigenvalue weighted by Crippen LogP contribution is 2.34. The van der Waals surface area contributed by atoms with Crippen LogP contribution in [-0.4, -0.2) is 41.8 Å². The molecule has 1 heterocycles. The minimum Gasteiger partial charge on any atom is -0.451 e. The molecule has 102 valence electrons. The average molecular weight is 272 g/mol. The fraction of sp³-hybridized carbons (Fsp3) is 0.333. The molecule has 0 aromatic heterocycles. The van der Waals surface area contributed by atoms with Gasteiger partial charge in [-0.15, -0.1) is 0 Å². The zero-order valence-corrected chi connectivity index (χ0v) is 9.58. The van der Waals surface area contributed by atoms with E-state index in [1.54, 1.807) is 6.07 Å². The summed E-state index contributed by atoms with van der Waals surface area (Å²) < 4.78 is 35.8. The first-order chi connectivity index (χ1) is 8.96. The lowest BCUT2D eigenvalue weighted by Gasteiger charge is -2.19. The predicted octanol–water partition coefficient (Wildman–Crippen LogP) is 0.765. The van der Waals surface area contributed by atoms with Gasteiger partial charge in [-0.25, -0.2) is 9.59 Å². The van der Waals surface area contributed by atoms with Crippen LogP contribution in [0.3, 0.4) is 0 Å². The van der Waals surface area contributed by atoms with Gasteiger partial charge in [0.15, 0.2) is 6.10 Å². The molecular weight excluding hydrogens is 262 g/mol. The highest BCUT2D eigenvalue weighted by molar-refractivity contribution is 5.90. The van der Waals surface area contributed by atoms with Crippen LogP contribution in [0, 0.1) is 0 Å². The van der Waals surface area contributed by atoms with Crippen LogP contribution in [0.5, 0.6) is 0 Å². The number of esters is 2. The standard InChI is InChI=1S/C12H10F2O5/c13-12(14)9(8(6-15)18-11(12)17)19-10(16)7-4-2-1-3-5-7/h1-5,8-9,15H,6H2/t8-,9+/m1/s1. The second-order valence-electron chi connectivity index (χ2n) is 3.94. The normalized spacial score (nSPS) is 24.9. The Bertz CT molecular complexity index is 488. The molecule has 7 heteroatoms. The quantitative estimate of drug-likeness (QED) is 0.823. The molecule has 1 saturated heterocycles. The summed E-state index contributed by atoms with van der Waals surface area (Å²) >= 11 is 0. The number of benzene rings is 1. The van der Waals surface area contributed by atoms with Gasteiger partial charge in [-0.2, -0.15) is 8.78 Å². The zero-order chi connectivity index (χ0) is 14.0.